The number of aromatic hydroxyl groups is 1. The zero-order valence-corrected chi connectivity index (χ0v) is 19.0. The molecule has 1 aliphatic heterocycles. The summed E-state index contributed by atoms with van der Waals surface area (Å²) in [5.41, 5.74) is 5.94. The van der Waals surface area contributed by atoms with Crippen molar-refractivity contribution in [3.8, 4) is 28.4 Å². The number of benzene rings is 6. The first-order valence-electron chi connectivity index (χ1n) is 11.9. The zero-order chi connectivity index (χ0) is 23.4. The third kappa shape index (κ3) is 3.18. The molecular formula is C33H22O2. The summed E-state index contributed by atoms with van der Waals surface area (Å²) in [5.74, 6) is 2.02. The number of phenols is 1. The molecule has 7 rings (SSSR count). The van der Waals surface area contributed by atoms with Crippen molar-refractivity contribution in [2.75, 3.05) is 0 Å². The van der Waals surface area contributed by atoms with Gasteiger partial charge in [0.2, 0.25) is 0 Å². The molecule has 2 heteroatoms. The van der Waals surface area contributed by atoms with E-state index in [4.69, 9.17) is 4.74 Å². The minimum absolute atomic E-state index is 0.00193. The monoisotopic (exact) mass is 450 g/mol. The van der Waals surface area contributed by atoms with Gasteiger partial charge in [-0.2, -0.15) is 0 Å². The summed E-state index contributed by atoms with van der Waals surface area (Å²) >= 11 is 0. The summed E-state index contributed by atoms with van der Waals surface area (Å²) in [5, 5.41) is 14.6. The molecular weight excluding hydrogens is 428 g/mol. The molecule has 1 N–H and O–H groups in total. The Balaban J connectivity index is 1.51. The molecule has 2 nitrogen and oxygen atoms in total. The number of fused-ring (bicyclic) bond motifs is 6. The molecule has 166 valence electrons. The van der Waals surface area contributed by atoms with E-state index < -0.39 is 0 Å². The standard InChI is InChI=1S/C33H22O2/c34-26-16-17-28-25(20-26)15-19-30-33(28)31(24-12-10-22(11-13-24)21-6-2-1-3-7-21)32-27-9-5-4-8-23(27)14-18-29(32)35-30/h1-20,31,34H. The molecule has 1 unspecified atom stereocenters. The number of ether oxygens (including phenoxy) is 1. The molecule has 6 aromatic rings. The van der Waals surface area contributed by atoms with Gasteiger partial charge in [0.1, 0.15) is 17.2 Å². The minimum atomic E-state index is -0.00193. The van der Waals surface area contributed by atoms with Gasteiger partial charge in [0.25, 0.3) is 0 Å². The van der Waals surface area contributed by atoms with Crippen LogP contribution in [0.3, 0.4) is 0 Å². The van der Waals surface area contributed by atoms with Crippen molar-refractivity contribution in [3.05, 3.63) is 138 Å². The van der Waals surface area contributed by atoms with Crippen LogP contribution in [0.5, 0.6) is 17.2 Å². The Hall–Kier alpha value is -4.56. The summed E-state index contributed by atoms with van der Waals surface area (Å²) in [6.07, 6.45) is 0. The molecule has 0 bridgehead atoms. The highest BCUT2D eigenvalue weighted by molar-refractivity contribution is 5.95. The van der Waals surface area contributed by atoms with Crippen molar-refractivity contribution >= 4 is 21.5 Å². The summed E-state index contributed by atoms with van der Waals surface area (Å²) in [6, 6.07) is 41.7. The van der Waals surface area contributed by atoms with E-state index in [-0.39, 0.29) is 11.7 Å². The molecule has 1 atom stereocenters. The average Bonchev–Trinajstić information content (AvgIpc) is 2.92. The smallest absolute Gasteiger partial charge is 0.132 e. The molecule has 1 aliphatic rings. The van der Waals surface area contributed by atoms with E-state index in [0.29, 0.717) is 0 Å². The molecule has 35 heavy (non-hydrogen) atoms. The molecule has 0 amide bonds. The predicted molar refractivity (Wildman–Crippen MR) is 142 cm³/mol. The maximum absolute atomic E-state index is 10.1. The van der Waals surface area contributed by atoms with Crippen molar-refractivity contribution in [1.82, 2.24) is 0 Å². The fourth-order valence-corrected chi connectivity index (χ4v) is 5.47. The lowest BCUT2D eigenvalue weighted by Gasteiger charge is -2.31. The maximum atomic E-state index is 10.1. The van der Waals surface area contributed by atoms with Crippen LogP contribution in [-0.4, -0.2) is 5.11 Å². The van der Waals surface area contributed by atoms with Gasteiger partial charge in [-0.3, -0.25) is 0 Å². The minimum Gasteiger partial charge on any atom is -0.508 e. The quantitative estimate of drug-likeness (QED) is 0.286. The lowest BCUT2D eigenvalue weighted by molar-refractivity contribution is 0.456. The van der Waals surface area contributed by atoms with Gasteiger partial charge >= 0.3 is 0 Å². The van der Waals surface area contributed by atoms with Gasteiger partial charge in [-0.1, -0.05) is 97.1 Å². The molecule has 0 saturated heterocycles. The van der Waals surface area contributed by atoms with E-state index in [1.54, 1.807) is 6.07 Å². The highest BCUT2D eigenvalue weighted by Gasteiger charge is 2.32. The number of hydrogen-bond donors (Lipinski definition) is 1. The first-order valence-corrected chi connectivity index (χ1v) is 11.9. The fraction of sp³-hybridized carbons (Fsp3) is 0.0303. The average molecular weight is 451 g/mol. The number of phenolic OH excluding ortho intramolecular Hbond substituents is 1. The molecule has 0 radical (unpaired) electrons. The Labute approximate surface area is 203 Å². The molecule has 0 aliphatic carbocycles. The van der Waals surface area contributed by atoms with E-state index in [2.05, 4.69) is 84.9 Å². The van der Waals surface area contributed by atoms with Gasteiger partial charge in [0.05, 0.1) is 0 Å². The second kappa shape index (κ2) is 7.75. The van der Waals surface area contributed by atoms with Crippen LogP contribution >= 0.6 is 0 Å². The summed E-state index contributed by atoms with van der Waals surface area (Å²) in [7, 11) is 0. The normalized spacial score (nSPS) is 14.3. The van der Waals surface area contributed by atoms with Crippen molar-refractivity contribution in [2.45, 2.75) is 5.92 Å². The molecule has 6 aromatic carbocycles. The highest BCUT2D eigenvalue weighted by atomic mass is 16.5. The second-order valence-electron chi connectivity index (χ2n) is 9.10. The van der Waals surface area contributed by atoms with Crippen LogP contribution < -0.4 is 4.74 Å². The summed E-state index contributed by atoms with van der Waals surface area (Å²) in [6.45, 7) is 0. The van der Waals surface area contributed by atoms with Crippen molar-refractivity contribution < 1.29 is 9.84 Å². The summed E-state index contributed by atoms with van der Waals surface area (Å²) < 4.78 is 6.51. The topological polar surface area (TPSA) is 29.5 Å². The van der Waals surface area contributed by atoms with Crippen molar-refractivity contribution in [2.24, 2.45) is 0 Å². The maximum Gasteiger partial charge on any atom is 0.132 e. The molecule has 1 heterocycles. The first-order chi connectivity index (χ1) is 17.3. The van der Waals surface area contributed by atoms with Gasteiger partial charge in [-0.05, 0) is 62.5 Å². The molecule has 0 aromatic heterocycles. The Morgan fingerprint density at radius 2 is 1.14 bits per heavy atom. The van der Waals surface area contributed by atoms with Crippen molar-refractivity contribution in [1.29, 1.82) is 0 Å². The van der Waals surface area contributed by atoms with E-state index in [9.17, 15) is 5.11 Å². The van der Waals surface area contributed by atoms with Gasteiger partial charge in [-0.15, -0.1) is 0 Å². The Morgan fingerprint density at radius 3 is 1.91 bits per heavy atom. The number of rotatable bonds is 2. The zero-order valence-electron chi connectivity index (χ0n) is 19.0. The van der Waals surface area contributed by atoms with E-state index in [1.165, 1.54) is 33.0 Å². The van der Waals surface area contributed by atoms with Crippen LogP contribution in [-0.2, 0) is 0 Å². The fourth-order valence-electron chi connectivity index (χ4n) is 5.47. The van der Waals surface area contributed by atoms with E-state index >= 15 is 0 Å². The van der Waals surface area contributed by atoms with E-state index in [1.807, 2.05) is 30.3 Å². The number of hydrogen-bond acceptors (Lipinski definition) is 2. The van der Waals surface area contributed by atoms with Gasteiger partial charge in [0, 0.05) is 17.0 Å². The van der Waals surface area contributed by atoms with Gasteiger partial charge in [-0.25, -0.2) is 0 Å². The van der Waals surface area contributed by atoms with Crippen LogP contribution in [0.2, 0.25) is 0 Å². The van der Waals surface area contributed by atoms with Crippen molar-refractivity contribution in [3.63, 3.8) is 0 Å². The lowest BCUT2D eigenvalue weighted by atomic mass is 9.78. The second-order valence-corrected chi connectivity index (χ2v) is 9.10. The lowest BCUT2D eigenvalue weighted by Crippen LogP contribution is -2.13. The summed E-state index contributed by atoms with van der Waals surface area (Å²) in [4.78, 5) is 0. The molecule has 0 saturated carbocycles. The largest absolute Gasteiger partial charge is 0.508 e. The first kappa shape index (κ1) is 19.9. The Bertz CT molecular complexity index is 1720. The van der Waals surface area contributed by atoms with Gasteiger partial charge in [0.15, 0.2) is 0 Å². The Kier molecular flexibility index (Phi) is 4.40. The molecule has 0 spiro atoms. The van der Waals surface area contributed by atoms with Crippen LogP contribution in [0.15, 0.2) is 121 Å². The van der Waals surface area contributed by atoms with Crippen LogP contribution in [0.4, 0.5) is 0 Å². The highest BCUT2D eigenvalue weighted by Crippen LogP contribution is 2.52. The third-order valence-corrected chi connectivity index (χ3v) is 7.08. The molecule has 0 fully saturated rings. The van der Waals surface area contributed by atoms with Crippen LogP contribution in [0, 0.1) is 0 Å². The SMILES string of the molecule is Oc1ccc2c3c(ccc2c1)Oc1ccc2ccccc2c1C3c1ccc(-c2ccccc2)cc1. The van der Waals surface area contributed by atoms with Crippen LogP contribution in [0.25, 0.3) is 32.7 Å². The predicted octanol–water partition coefficient (Wildman–Crippen LogP) is 8.65. The third-order valence-electron chi connectivity index (χ3n) is 7.08. The Morgan fingerprint density at radius 1 is 0.514 bits per heavy atom. The van der Waals surface area contributed by atoms with E-state index in [0.717, 1.165) is 27.8 Å². The van der Waals surface area contributed by atoms with Crippen LogP contribution in [0.1, 0.15) is 22.6 Å². The van der Waals surface area contributed by atoms with Gasteiger partial charge < -0.3 is 9.84 Å².